The molecule has 0 N–H and O–H groups in total. The molecule has 1 nitrogen and oxygen atoms in total. The molecular weight excluding hydrogens is 544 g/mol. The minimum Gasteiger partial charge on any atom is -0.456 e. The van der Waals surface area contributed by atoms with Crippen molar-refractivity contribution in [3.05, 3.63) is 170 Å². The highest BCUT2D eigenvalue weighted by atomic mass is 16.3. The van der Waals surface area contributed by atoms with Gasteiger partial charge in [0.2, 0.25) is 0 Å². The van der Waals surface area contributed by atoms with Gasteiger partial charge >= 0.3 is 0 Å². The number of rotatable bonds is 4. The highest BCUT2D eigenvalue weighted by Crippen LogP contribution is 2.46. The van der Waals surface area contributed by atoms with E-state index in [1.54, 1.807) is 12.1 Å². The monoisotopic (exact) mass is 581 g/mol. The Morgan fingerprint density at radius 1 is 0.356 bits per heavy atom. The molecule has 0 radical (unpaired) electrons. The second-order valence-corrected chi connectivity index (χ2v) is 11.0. The molecular formula is C44H28O. The van der Waals surface area contributed by atoms with E-state index < -0.39 is 18.1 Å². The molecule has 0 saturated heterocycles. The van der Waals surface area contributed by atoms with Crippen molar-refractivity contribution < 1.29 is 16.8 Å². The van der Waals surface area contributed by atoms with Crippen molar-refractivity contribution in [2.75, 3.05) is 0 Å². The molecule has 0 spiro atoms. The molecule has 0 unspecified atom stereocenters. The zero-order valence-corrected chi connectivity index (χ0v) is 23.9. The van der Waals surface area contributed by atoms with Crippen molar-refractivity contribution in [2.24, 2.45) is 0 Å². The fourth-order valence-electron chi connectivity index (χ4n) is 6.51. The summed E-state index contributed by atoms with van der Waals surface area (Å²) in [6, 6.07) is 34.0. The molecule has 0 aliphatic carbocycles. The van der Waals surface area contributed by atoms with Gasteiger partial charge in [-0.1, -0.05) is 145 Å². The summed E-state index contributed by atoms with van der Waals surface area (Å²) in [5.74, 6) is 0. The summed E-state index contributed by atoms with van der Waals surface area (Å²) in [6.07, 6.45) is 0. The third kappa shape index (κ3) is 4.17. The maximum absolute atomic E-state index is 9.24. The van der Waals surface area contributed by atoms with Crippen molar-refractivity contribution in [1.82, 2.24) is 0 Å². The van der Waals surface area contributed by atoms with Gasteiger partial charge in [0.1, 0.15) is 11.2 Å². The molecule has 45 heavy (non-hydrogen) atoms. The van der Waals surface area contributed by atoms with Crippen LogP contribution in [-0.4, -0.2) is 0 Å². The zero-order valence-electron chi connectivity index (χ0n) is 32.9. The highest BCUT2D eigenvalue weighted by molar-refractivity contribution is 6.23. The lowest BCUT2D eigenvalue weighted by atomic mass is 9.84. The molecule has 210 valence electrons. The summed E-state index contributed by atoms with van der Waals surface area (Å²) in [4.78, 5) is 0. The summed E-state index contributed by atoms with van der Waals surface area (Å²) in [5.41, 5.74) is 5.82. The van der Waals surface area contributed by atoms with Crippen LogP contribution in [0.25, 0.3) is 88.0 Å². The number of benzene rings is 8. The van der Waals surface area contributed by atoms with Gasteiger partial charge in [0.05, 0.1) is 12.3 Å². The van der Waals surface area contributed by atoms with Gasteiger partial charge in [-0.3, -0.25) is 0 Å². The van der Waals surface area contributed by atoms with Gasteiger partial charge in [-0.15, -0.1) is 0 Å². The van der Waals surface area contributed by atoms with Crippen LogP contribution >= 0.6 is 0 Å². The third-order valence-electron chi connectivity index (χ3n) is 8.48. The topological polar surface area (TPSA) is 13.1 Å². The number of hydrogen-bond acceptors (Lipinski definition) is 1. The lowest BCUT2D eigenvalue weighted by molar-refractivity contribution is 0.669. The van der Waals surface area contributed by atoms with Crippen LogP contribution in [0.15, 0.2) is 174 Å². The molecule has 9 aromatic rings. The van der Waals surface area contributed by atoms with E-state index in [2.05, 4.69) is 0 Å². The van der Waals surface area contributed by atoms with Crippen LogP contribution in [0.4, 0.5) is 0 Å². The van der Waals surface area contributed by atoms with Gasteiger partial charge in [-0.2, -0.15) is 0 Å². The Balaban J connectivity index is 1.30. The maximum atomic E-state index is 9.24. The molecule has 1 heteroatoms. The molecule has 0 atom stereocenters. The van der Waals surface area contributed by atoms with E-state index in [-0.39, 0.29) is 41.8 Å². The van der Waals surface area contributed by atoms with Crippen LogP contribution in [0.5, 0.6) is 0 Å². The van der Waals surface area contributed by atoms with E-state index in [1.807, 2.05) is 103 Å². The predicted octanol–water partition coefficient (Wildman–Crippen LogP) is 12.6. The lowest BCUT2D eigenvalue weighted by Gasteiger charge is -2.19. The van der Waals surface area contributed by atoms with Gasteiger partial charge in [-0.25, -0.2) is 0 Å². The third-order valence-corrected chi connectivity index (χ3v) is 8.48. The van der Waals surface area contributed by atoms with Crippen molar-refractivity contribution in [3.8, 4) is 44.5 Å². The molecule has 0 saturated carbocycles. The molecule has 9 rings (SSSR count). The average molecular weight is 582 g/mol. The van der Waals surface area contributed by atoms with Gasteiger partial charge in [0.15, 0.2) is 0 Å². The van der Waals surface area contributed by atoms with Crippen molar-refractivity contribution >= 4 is 43.5 Å². The Kier molecular flexibility index (Phi) is 4.15. The molecule has 0 amide bonds. The normalized spacial score (nSPS) is 14.4. The van der Waals surface area contributed by atoms with Crippen LogP contribution in [0.3, 0.4) is 0 Å². The predicted molar refractivity (Wildman–Crippen MR) is 190 cm³/mol. The fraction of sp³-hybridized carbons (Fsp3) is 0. The van der Waals surface area contributed by atoms with Crippen LogP contribution < -0.4 is 0 Å². The van der Waals surface area contributed by atoms with Crippen LogP contribution in [-0.2, 0) is 0 Å². The van der Waals surface area contributed by atoms with Crippen LogP contribution in [0, 0.1) is 0 Å². The van der Waals surface area contributed by atoms with Gasteiger partial charge in [0, 0.05) is 10.8 Å². The number of fused-ring (bicyclic) bond motifs is 5. The van der Waals surface area contributed by atoms with Gasteiger partial charge in [0.25, 0.3) is 0 Å². The fourth-order valence-corrected chi connectivity index (χ4v) is 6.51. The van der Waals surface area contributed by atoms with Crippen molar-refractivity contribution in [2.45, 2.75) is 0 Å². The molecule has 0 bridgehead atoms. The second kappa shape index (κ2) is 10.4. The Labute approximate surface area is 274 Å². The molecule has 1 heterocycles. The molecule has 0 aliphatic heterocycles. The van der Waals surface area contributed by atoms with E-state index in [1.165, 1.54) is 0 Å². The Morgan fingerprint density at radius 2 is 0.867 bits per heavy atom. The molecule has 8 aromatic carbocycles. The number of hydrogen-bond donors (Lipinski definition) is 0. The largest absolute Gasteiger partial charge is 0.456 e. The summed E-state index contributed by atoms with van der Waals surface area (Å²) in [5, 5.41) is 5.15. The highest BCUT2D eigenvalue weighted by Gasteiger charge is 2.19. The molecule has 0 aliphatic rings. The molecule has 0 fully saturated rings. The summed E-state index contributed by atoms with van der Waals surface area (Å²) in [7, 11) is 0. The van der Waals surface area contributed by atoms with E-state index >= 15 is 0 Å². The van der Waals surface area contributed by atoms with E-state index in [9.17, 15) is 1.37 Å². The van der Waals surface area contributed by atoms with Gasteiger partial charge in [-0.05, 0) is 90.3 Å². The summed E-state index contributed by atoms with van der Waals surface area (Å²) < 4.78 is 83.2. The van der Waals surface area contributed by atoms with E-state index in [4.69, 9.17) is 15.4 Å². The van der Waals surface area contributed by atoms with Crippen molar-refractivity contribution in [3.63, 3.8) is 0 Å². The first kappa shape index (κ1) is 18.0. The Morgan fingerprint density at radius 3 is 1.51 bits per heavy atom. The quantitative estimate of drug-likeness (QED) is 0.188. The lowest BCUT2D eigenvalue weighted by Crippen LogP contribution is -1.92. The van der Waals surface area contributed by atoms with E-state index in [0.29, 0.717) is 33.4 Å². The maximum Gasteiger partial charge on any atom is 0.136 e. The first-order chi connectivity index (χ1) is 26.1. The smallest absolute Gasteiger partial charge is 0.136 e. The summed E-state index contributed by atoms with van der Waals surface area (Å²) in [6.45, 7) is 0. The molecule has 1 aromatic heterocycles. The minimum absolute atomic E-state index is 0.0977. The first-order valence-corrected chi connectivity index (χ1v) is 14.7. The number of furan rings is 1. The first-order valence-electron chi connectivity index (χ1n) is 19.2. The zero-order chi connectivity index (χ0) is 37.6. The minimum atomic E-state index is -0.441. The Bertz CT molecular complexity index is 2960. The van der Waals surface area contributed by atoms with E-state index in [0.717, 1.165) is 49.0 Å². The van der Waals surface area contributed by atoms with Crippen LogP contribution in [0.1, 0.15) is 12.3 Å². The van der Waals surface area contributed by atoms with Gasteiger partial charge < -0.3 is 4.42 Å². The van der Waals surface area contributed by atoms with Crippen molar-refractivity contribution in [1.29, 1.82) is 0 Å². The average Bonchev–Trinajstić information content (AvgIpc) is 3.56. The second-order valence-electron chi connectivity index (χ2n) is 11.0. The Hall–Kier alpha value is -5.92. The standard InChI is InChI=1S/C44H28O/c1-3-13-29(14-4-1)31-23-25-34-35-26-24-32(28-42(35)45-41(34)27-31)43-37-19-9-11-21-39(37)44(40-22-12-10-20-38(40)43)36-18-8-7-17-33(36)30-15-5-2-6-16-30/h1-28H/i1D,3D,4D,7D,8D,13D,14D,17D,18D. The summed E-state index contributed by atoms with van der Waals surface area (Å²) >= 11 is 0. The SMILES string of the molecule is [2H]c1c([2H])c([2H])c(-c2ccc3c(c2)oc2cc(-c4c5ccccc5c(-c5c([2H])c([2H])c([2H])c([2H])c5-c5ccccc5)c5ccccc45)ccc23)c([2H])c1[2H]. The van der Waals surface area contributed by atoms with Crippen LogP contribution in [0.2, 0.25) is 0 Å².